The molecule has 35 heavy (non-hydrogen) atoms. The number of fused-ring (bicyclic) bond motifs is 5. The lowest BCUT2D eigenvalue weighted by Gasteiger charge is -2.14. The van der Waals surface area contributed by atoms with Crippen molar-refractivity contribution in [3.63, 3.8) is 0 Å². The summed E-state index contributed by atoms with van der Waals surface area (Å²) in [4.78, 5) is 37.8. The summed E-state index contributed by atoms with van der Waals surface area (Å²) in [6.07, 6.45) is 6.37. The standard InChI is InChI=1S/C25H21FIN3O5/c1-34-19-9-13(11-28-30-24(32)21-14-6-7-15(10-14)22(21)25(30)33)8-17(27)23(19)35-12-20(31)29-18-5-3-2-4-16(18)26/h2-9,11,14-15,21-22H,10,12H2,1H3,(H,29,31)/t14-,15-,21-,22+/m0/s1. The number of ether oxygens (including phenoxy) is 2. The molecule has 1 saturated carbocycles. The molecule has 1 heterocycles. The number of hydrogen-bond donors (Lipinski definition) is 1. The van der Waals surface area contributed by atoms with Crippen LogP contribution in [0.1, 0.15) is 12.0 Å². The van der Waals surface area contributed by atoms with Crippen LogP contribution in [0.3, 0.4) is 0 Å². The van der Waals surface area contributed by atoms with Gasteiger partial charge in [-0.05, 0) is 70.7 Å². The highest BCUT2D eigenvalue weighted by Crippen LogP contribution is 2.52. The average Bonchev–Trinajstić information content (AvgIpc) is 3.52. The van der Waals surface area contributed by atoms with E-state index in [-0.39, 0.29) is 47.8 Å². The molecule has 0 unspecified atom stereocenters. The second-order valence-electron chi connectivity index (χ2n) is 8.58. The number of carbonyl (C=O) groups is 3. The number of carbonyl (C=O) groups excluding carboxylic acids is 3. The van der Waals surface area contributed by atoms with Gasteiger partial charge in [0.1, 0.15) is 5.82 Å². The smallest absolute Gasteiger partial charge is 0.262 e. The largest absolute Gasteiger partial charge is 0.493 e. The van der Waals surface area contributed by atoms with E-state index in [0.717, 1.165) is 11.4 Å². The van der Waals surface area contributed by atoms with Crippen LogP contribution in [-0.2, 0) is 14.4 Å². The Morgan fingerprint density at radius 1 is 1.20 bits per heavy atom. The Labute approximate surface area is 214 Å². The number of methoxy groups -OCH3 is 1. The van der Waals surface area contributed by atoms with E-state index in [0.29, 0.717) is 20.6 Å². The fourth-order valence-corrected chi connectivity index (χ4v) is 5.75. The van der Waals surface area contributed by atoms with Gasteiger partial charge in [-0.1, -0.05) is 24.3 Å². The van der Waals surface area contributed by atoms with Crippen LogP contribution in [0.25, 0.3) is 0 Å². The molecule has 180 valence electrons. The number of benzene rings is 2. The summed E-state index contributed by atoms with van der Waals surface area (Å²) in [6, 6.07) is 9.21. The minimum absolute atomic E-state index is 0.0632. The second kappa shape index (κ2) is 9.40. The van der Waals surface area contributed by atoms with Crippen molar-refractivity contribution in [1.29, 1.82) is 0 Å². The number of rotatable bonds is 7. The predicted molar refractivity (Wildman–Crippen MR) is 133 cm³/mol. The summed E-state index contributed by atoms with van der Waals surface area (Å²) in [7, 11) is 1.45. The lowest BCUT2D eigenvalue weighted by molar-refractivity contribution is -0.140. The van der Waals surface area contributed by atoms with Crippen molar-refractivity contribution in [2.75, 3.05) is 19.0 Å². The third-order valence-electron chi connectivity index (χ3n) is 6.52. The number of halogens is 2. The van der Waals surface area contributed by atoms with Gasteiger partial charge in [-0.2, -0.15) is 10.1 Å². The molecular weight excluding hydrogens is 568 g/mol. The summed E-state index contributed by atoms with van der Waals surface area (Å²) < 4.78 is 25.4. The number of imide groups is 1. The zero-order chi connectivity index (χ0) is 24.7. The Hall–Kier alpha value is -3.28. The summed E-state index contributed by atoms with van der Waals surface area (Å²) in [5.41, 5.74) is 0.654. The van der Waals surface area contributed by atoms with E-state index in [2.05, 4.69) is 10.4 Å². The molecular formula is C25H21FIN3O5. The van der Waals surface area contributed by atoms with Crippen LogP contribution < -0.4 is 14.8 Å². The maximum Gasteiger partial charge on any atom is 0.262 e. The fourth-order valence-electron chi connectivity index (χ4n) is 4.97. The summed E-state index contributed by atoms with van der Waals surface area (Å²) >= 11 is 2.03. The highest BCUT2D eigenvalue weighted by molar-refractivity contribution is 14.1. The molecule has 1 saturated heterocycles. The molecule has 2 fully saturated rings. The molecule has 5 rings (SSSR count). The third-order valence-corrected chi connectivity index (χ3v) is 7.32. The van der Waals surface area contributed by atoms with Crippen molar-refractivity contribution in [3.05, 3.63) is 63.5 Å². The molecule has 0 radical (unpaired) electrons. The summed E-state index contributed by atoms with van der Waals surface area (Å²) in [6.45, 7) is -0.357. The molecule has 8 nitrogen and oxygen atoms in total. The van der Waals surface area contributed by atoms with Crippen molar-refractivity contribution in [3.8, 4) is 11.5 Å². The Balaban J connectivity index is 1.27. The van der Waals surface area contributed by atoms with Crippen LogP contribution in [-0.4, -0.2) is 42.7 Å². The van der Waals surface area contributed by atoms with Crippen molar-refractivity contribution in [2.45, 2.75) is 6.42 Å². The normalized spacial score (nSPS) is 24.4. The third kappa shape index (κ3) is 4.30. The van der Waals surface area contributed by atoms with Crippen LogP contribution in [0.2, 0.25) is 0 Å². The van der Waals surface area contributed by atoms with Gasteiger partial charge in [0.15, 0.2) is 18.1 Å². The molecule has 2 aliphatic carbocycles. The Kier molecular flexibility index (Phi) is 6.30. The first-order valence-electron chi connectivity index (χ1n) is 11.0. The van der Waals surface area contributed by atoms with Crippen molar-refractivity contribution in [1.82, 2.24) is 5.01 Å². The number of amides is 3. The van der Waals surface area contributed by atoms with Gasteiger partial charge in [0.25, 0.3) is 17.7 Å². The zero-order valence-corrected chi connectivity index (χ0v) is 20.8. The van der Waals surface area contributed by atoms with E-state index in [1.807, 2.05) is 34.7 Å². The summed E-state index contributed by atoms with van der Waals surface area (Å²) in [5, 5.41) is 7.64. The van der Waals surface area contributed by atoms with E-state index in [9.17, 15) is 18.8 Å². The van der Waals surface area contributed by atoms with Gasteiger partial charge < -0.3 is 14.8 Å². The zero-order valence-electron chi connectivity index (χ0n) is 18.6. The maximum absolute atomic E-state index is 13.7. The summed E-state index contributed by atoms with van der Waals surface area (Å²) in [5.74, 6) is -1.28. The number of nitrogens with zero attached hydrogens (tertiary/aromatic N) is 2. The Morgan fingerprint density at radius 3 is 2.54 bits per heavy atom. The first kappa shape index (κ1) is 23.5. The first-order chi connectivity index (χ1) is 16.9. The lowest BCUT2D eigenvalue weighted by Crippen LogP contribution is -2.28. The number of hydrazone groups is 1. The average molecular weight is 589 g/mol. The number of nitrogens with one attached hydrogen (secondary N) is 1. The molecule has 0 aromatic heterocycles. The maximum atomic E-state index is 13.7. The molecule has 4 atom stereocenters. The Morgan fingerprint density at radius 2 is 1.89 bits per heavy atom. The minimum atomic E-state index is -0.542. The predicted octanol–water partition coefficient (Wildman–Crippen LogP) is 3.60. The SMILES string of the molecule is COc1cc(C=NN2C(=O)[C@@H]3[C@H](C2=O)[C@H]2C=C[C@H]3C2)cc(I)c1OCC(=O)Nc1ccccc1F. The van der Waals surface area contributed by atoms with Crippen LogP contribution >= 0.6 is 22.6 Å². The fraction of sp³-hybridized carbons (Fsp3) is 0.280. The molecule has 3 amide bonds. The van der Waals surface area contributed by atoms with Gasteiger partial charge in [-0.15, -0.1) is 0 Å². The van der Waals surface area contributed by atoms with Crippen molar-refractivity contribution in [2.24, 2.45) is 28.8 Å². The van der Waals surface area contributed by atoms with Crippen LogP contribution in [0, 0.1) is 33.1 Å². The van der Waals surface area contributed by atoms with E-state index >= 15 is 0 Å². The van der Waals surface area contributed by atoms with Gasteiger partial charge in [-0.25, -0.2) is 4.39 Å². The second-order valence-corrected chi connectivity index (χ2v) is 9.75. The monoisotopic (exact) mass is 589 g/mol. The number of allylic oxidation sites excluding steroid dienone is 2. The molecule has 2 aromatic rings. The van der Waals surface area contributed by atoms with Crippen LogP contribution in [0.5, 0.6) is 11.5 Å². The van der Waals surface area contributed by atoms with Crippen LogP contribution in [0.15, 0.2) is 53.7 Å². The molecule has 1 aliphatic heterocycles. The van der Waals surface area contributed by atoms with Crippen molar-refractivity contribution < 1.29 is 28.2 Å². The quantitative estimate of drug-likeness (QED) is 0.231. The van der Waals surface area contributed by atoms with E-state index in [1.54, 1.807) is 18.2 Å². The van der Waals surface area contributed by atoms with Gasteiger partial charge in [0.05, 0.1) is 34.4 Å². The van der Waals surface area contributed by atoms with Crippen LogP contribution in [0.4, 0.5) is 10.1 Å². The highest BCUT2D eigenvalue weighted by atomic mass is 127. The minimum Gasteiger partial charge on any atom is -0.493 e. The number of anilines is 1. The topological polar surface area (TPSA) is 97.3 Å². The van der Waals surface area contributed by atoms with Gasteiger partial charge in [0, 0.05) is 0 Å². The molecule has 1 N–H and O–H groups in total. The lowest BCUT2D eigenvalue weighted by atomic mass is 9.85. The van der Waals surface area contributed by atoms with Gasteiger partial charge in [-0.3, -0.25) is 14.4 Å². The van der Waals surface area contributed by atoms with Gasteiger partial charge >= 0.3 is 0 Å². The van der Waals surface area contributed by atoms with Gasteiger partial charge in [0.2, 0.25) is 0 Å². The van der Waals surface area contributed by atoms with Crippen molar-refractivity contribution >= 4 is 52.2 Å². The van der Waals surface area contributed by atoms with E-state index < -0.39 is 11.7 Å². The molecule has 3 aliphatic rings. The first-order valence-corrected chi connectivity index (χ1v) is 12.1. The van der Waals surface area contributed by atoms with E-state index in [4.69, 9.17) is 9.47 Å². The number of hydrogen-bond acceptors (Lipinski definition) is 6. The van der Waals surface area contributed by atoms with E-state index in [1.165, 1.54) is 31.5 Å². The molecule has 0 spiro atoms. The molecule has 10 heteroatoms. The Bertz CT molecular complexity index is 1250. The highest BCUT2D eigenvalue weighted by Gasteiger charge is 2.59. The molecule has 2 bridgehead atoms. The molecule has 2 aromatic carbocycles. The number of para-hydroxylation sites is 1.